The van der Waals surface area contributed by atoms with E-state index in [4.69, 9.17) is 0 Å². The van der Waals surface area contributed by atoms with Gasteiger partial charge in [0.2, 0.25) is 5.91 Å². The predicted octanol–water partition coefficient (Wildman–Crippen LogP) is 1.55. The van der Waals surface area contributed by atoms with E-state index in [1.54, 1.807) is 0 Å². The summed E-state index contributed by atoms with van der Waals surface area (Å²) in [6.07, 6.45) is 2.60. The molecule has 1 aromatic carbocycles. The van der Waals surface area contributed by atoms with Gasteiger partial charge in [0.1, 0.15) is 0 Å². The van der Waals surface area contributed by atoms with Gasteiger partial charge in [-0.1, -0.05) is 18.2 Å². The van der Waals surface area contributed by atoms with Crippen LogP contribution in [0.3, 0.4) is 0 Å². The summed E-state index contributed by atoms with van der Waals surface area (Å²) in [6.45, 7) is 4.83. The van der Waals surface area contributed by atoms with E-state index in [0.717, 1.165) is 25.9 Å². The van der Waals surface area contributed by atoms with Gasteiger partial charge in [-0.25, -0.2) is 0 Å². The molecule has 4 nitrogen and oxygen atoms in total. The smallest absolute Gasteiger partial charge is 0.220 e. The lowest BCUT2D eigenvalue weighted by Crippen LogP contribution is -2.41. The average molecular weight is 275 g/mol. The molecule has 1 aliphatic heterocycles. The highest BCUT2D eigenvalue weighted by Crippen LogP contribution is 2.28. The summed E-state index contributed by atoms with van der Waals surface area (Å²) in [4.78, 5) is 14.1. The summed E-state index contributed by atoms with van der Waals surface area (Å²) in [7, 11) is 1.91. The number of carbonyl (C=O) groups excluding carboxylic acids is 1. The Hall–Kier alpha value is -1.55. The maximum atomic E-state index is 11.7. The number of nitrogens with one attached hydrogen (secondary N) is 2. The molecule has 4 heteroatoms. The molecule has 0 radical (unpaired) electrons. The summed E-state index contributed by atoms with van der Waals surface area (Å²) in [6, 6.07) is 8.88. The number of amides is 1. The number of fused-ring (bicyclic) bond motifs is 1. The molecule has 0 aromatic heterocycles. The van der Waals surface area contributed by atoms with Crippen LogP contribution in [-0.2, 0) is 11.2 Å². The largest absolute Gasteiger partial charge is 0.366 e. The van der Waals surface area contributed by atoms with Crippen LogP contribution >= 0.6 is 0 Å². The lowest BCUT2D eigenvalue weighted by atomic mass is 10.2. The molecule has 2 N–H and O–H groups in total. The first-order chi connectivity index (χ1) is 9.72. The Morgan fingerprint density at radius 2 is 2.20 bits per heavy atom. The number of hydrogen-bond donors (Lipinski definition) is 2. The van der Waals surface area contributed by atoms with Crippen LogP contribution in [0.1, 0.15) is 25.3 Å². The summed E-state index contributed by atoms with van der Waals surface area (Å²) >= 11 is 0. The number of rotatable bonds is 7. The van der Waals surface area contributed by atoms with Crippen molar-refractivity contribution in [3.8, 4) is 0 Å². The Morgan fingerprint density at radius 3 is 3.00 bits per heavy atom. The van der Waals surface area contributed by atoms with Crippen molar-refractivity contribution < 1.29 is 4.79 Å². The van der Waals surface area contributed by atoms with E-state index in [-0.39, 0.29) is 5.91 Å². The molecular formula is C16H25N3O. The zero-order valence-electron chi connectivity index (χ0n) is 12.5. The minimum Gasteiger partial charge on any atom is -0.366 e. The van der Waals surface area contributed by atoms with Gasteiger partial charge in [0, 0.05) is 31.2 Å². The molecule has 0 fully saturated rings. The van der Waals surface area contributed by atoms with Crippen LogP contribution in [0.5, 0.6) is 0 Å². The fourth-order valence-corrected chi connectivity index (χ4v) is 2.71. The van der Waals surface area contributed by atoms with E-state index < -0.39 is 0 Å². The normalized spacial score (nSPS) is 15.0. The van der Waals surface area contributed by atoms with E-state index in [2.05, 4.69) is 46.7 Å². The summed E-state index contributed by atoms with van der Waals surface area (Å²) in [5.41, 5.74) is 2.74. The Balaban J connectivity index is 1.78. The van der Waals surface area contributed by atoms with Gasteiger partial charge in [-0.15, -0.1) is 0 Å². The lowest BCUT2D eigenvalue weighted by molar-refractivity contribution is -0.121. The molecule has 110 valence electrons. The fraction of sp³-hybridized carbons (Fsp3) is 0.562. The van der Waals surface area contributed by atoms with Gasteiger partial charge in [0.15, 0.2) is 0 Å². The molecule has 1 heterocycles. The van der Waals surface area contributed by atoms with Crippen molar-refractivity contribution in [1.29, 1.82) is 0 Å². The van der Waals surface area contributed by atoms with Crippen LogP contribution in [0.4, 0.5) is 5.69 Å². The monoisotopic (exact) mass is 275 g/mol. The highest BCUT2D eigenvalue weighted by molar-refractivity contribution is 5.76. The van der Waals surface area contributed by atoms with Crippen LogP contribution in [-0.4, -0.2) is 38.6 Å². The maximum absolute atomic E-state index is 11.7. The molecule has 0 spiro atoms. The molecule has 0 saturated carbocycles. The molecular weight excluding hydrogens is 250 g/mol. The van der Waals surface area contributed by atoms with Crippen LogP contribution < -0.4 is 15.5 Å². The summed E-state index contributed by atoms with van der Waals surface area (Å²) in [5.74, 6) is 0.152. The topological polar surface area (TPSA) is 44.4 Å². The van der Waals surface area contributed by atoms with Crippen molar-refractivity contribution >= 4 is 11.6 Å². The number of hydrogen-bond acceptors (Lipinski definition) is 3. The van der Waals surface area contributed by atoms with E-state index >= 15 is 0 Å². The second kappa shape index (κ2) is 7.29. The van der Waals surface area contributed by atoms with Crippen molar-refractivity contribution in [3.63, 3.8) is 0 Å². The SMILES string of the molecule is CNCCCC(=O)NCC(C)N1CCc2ccccc21. The number of carbonyl (C=O) groups is 1. The van der Waals surface area contributed by atoms with Gasteiger partial charge in [-0.2, -0.15) is 0 Å². The maximum Gasteiger partial charge on any atom is 0.220 e. The van der Waals surface area contributed by atoms with E-state index in [1.165, 1.54) is 11.3 Å². The Morgan fingerprint density at radius 1 is 1.40 bits per heavy atom. The molecule has 0 aliphatic carbocycles. The zero-order chi connectivity index (χ0) is 14.4. The predicted molar refractivity (Wildman–Crippen MR) is 83.1 cm³/mol. The third kappa shape index (κ3) is 3.73. The van der Waals surface area contributed by atoms with Crippen LogP contribution in [0.15, 0.2) is 24.3 Å². The van der Waals surface area contributed by atoms with Gasteiger partial charge in [0.25, 0.3) is 0 Å². The standard InChI is InChI=1S/C16H25N3O/c1-13(12-18-16(20)8-5-10-17-2)19-11-9-14-6-3-4-7-15(14)19/h3-4,6-7,13,17H,5,8-12H2,1-2H3,(H,18,20). The molecule has 0 saturated heterocycles. The first-order valence-electron chi connectivity index (χ1n) is 7.48. The van der Waals surface area contributed by atoms with E-state index in [9.17, 15) is 4.79 Å². The van der Waals surface area contributed by atoms with Crippen molar-refractivity contribution in [2.75, 3.05) is 31.6 Å². The summed E-state index contributed by atoms with van der Waals surface area (Å²) < 4.78 is 0. The Kier molecular flexibility index (Phi) is 5.41. The first-order valence-corrected chi connectivity index (χ1v) is 7.48. The highest BCUT2D eigenvalue weighted by atomic mass is 16.1. The van der Waals surface area contributed by atoms with Crippen molar-refractivity contribution in [2.24, 2.45) is 0 Å². The minimum absolute atomic E-state index is 0.152. The Labute approximate surface area is 121 Å². The zero-order valence-corrected chi connectivity index (χ0v) is 12.5. The number of anilines is 1. The quantitative estimate of drug-likeness (QED) is 0.742. The number of benzene rings is 1. The second-order valence-corrected chi connectivity index (χ2v) is 5.43. The van der Waals surface area contributed by atoms with Crippen molar-refractivity contribution in [3.05, 3.63) is 29.8 Å². The van der Waals surface area contributed by atoms with Gasteiger partial charge in [-0.3, -0.25) is 4.79 Å². The summed E-state index contributed by atoms with van der Waals surface area (Å²) in [5, 5.41) is 6.10. The second-order valence-electron chi connectivity index (χ2n) is 5.43. The minimum atomic E-state index is 0.152. The lowest BCUT2D eigenvalue weighted by Gasteiger charge is -2.27. The van der Waals surface area contributed by atoms with Gasteiger partial charge in [0.05, 0.1) is 0 Å². The molecule has 1 amide bonds. The highest BCUT2D eigenvalue weighted by Gasteiger charge is 2.22. The van der Waals surface area contributed by atoms with Crippen LogP contribution in [0, 0.1) is 0 Å². The van der Waals surface area contributed by atoms with Crippen molar-refractivity contribution in [1.82, 2.24) is 10.6 Å². The van der Waals surface area contributed by atoms with Gasteiger partial charge < -0.3 is 15.5 Å². The number of nitrogens with zero attached hydrogens (tertiary/aromatic N) is 1. The third-order valence-corrected chi connectivity index (χ3v) is 3.88. The number of para-hydroxylation sites is 1. The molecule has 1 unspecified atom stereocenters. The first kappa shape index (κ1) is 14.9. The third-order valence-electron chi connectivity index (χ3n) is 3.88. The average Bonchev–Trinajstić information content (AvgIpc) is 2.89. The van der Waals surface area contributed by atoms with E-state index in [0.29, 0.717) is 19.0 Å². The molecule has 0 bridgehead atoms. The van der Waals surface area contributed by atoms with Crippen LogP contribution in [0.25, 0.3) is 0 Å². The molecule has 1 aromatic rings. The van der Waals surface area contributed by atoms with Crippen LogP contribution in [0.2, 0.25) is 0 Å². The molecule has 1 aliphatic rings. The molecule has 2 rings (SSSR count). The molecule has 1 atom stereocenters. The Bertz CT molecular complexity index is 447. The van der Waals surface area contributed by atoms with Gasteiger partial charge >= 0.3 is 0 Å². The fourth-order valence-electron chi connectivity index (χ4n) is 2.71. The van der Waals surface area contributed by atoms with Gasteiger partial charge in [-0.05, 0) is 45.0 Å². The van der Waals surface area contributed by atoms with Crippen molar-refractivity contribution in [2.45, 2.75) is 32.2 Å². The van der Waals surface area contributed by atoms with E-state index in [1.807, 2.05) is 7.05 Å². The molecule has 20 heavy (non-hydrogen) atoms.